The Labute approximate surface area is 223 Å². The molecule has 1 aliphatic carbocycles. The second-order valence-corrected chi connectivity index (χ2v) is 12.0. The number of benzene rings is 1. The van der Waals surface area contributed by atoms with Crippen molar-refractivity contribution < 1.29 is 23.9 Å². The Morgan fingerprint density at radius 3 is 2.67 bits per heavy atom. The van der Waals surface area contributed by atoms with Gasteiger partial charge in [0, 0.05) is 29.0 Å². The summed E-state index contributed by atoms with van der Waals surface area (Å²) < 4.78 is 11.8. The summed E-state index contributed by atoms with van der Waals surface area (Å²) >= 11 is 10.00. The highest BCUT2D eigenvalue weighted by atomic mass is 79.9. The molecule has 0 bridgehead atoms. The predicted octanol–water partition coefficient (Wildman–Crippen LogP) is 5.77. The number of halogens is 2. The van der Waals surface area contributed by atoms with E-state index in [1.165, 1.54) is 0 Å². The highest BCUT2D eigenvalue weighted by Crippen LogP contribution is 2.48. The molecule has 3 amide bonds. The molecule has 1 aromatic carbocycles. The molecular formula is C26H27BrClN3O5. The lowest BCUT2D eigenvalue weighted by atomic mass is 9.70. The largest absolute Gasteiger partial charge is 0.443 e. The molecule has 1 saturated heterocycles. The van der Waals surface area contributed by atoms with Gasteiger partial charge in [0.25, 0.3) is 5.91 Å². The molecule has 1 aromatic heterocycles. The Hall–Kier alpha value is -2.65. The fourth-order valence-corrected chi connectivity index (χ4v) is 6.24. The molecule has 0 radical (unpaired) electrons. The molecule has 1 saturated carbocycles. The van der Waals surface area contributed by atoms with Gasteiger partial charge in [-0.2, -0.15) is 0 Å². The van der Waals surface area contributed by atoms with Gasteiger partial charge in [0.1, 0.15) is 11.2 Å². The molecule has 1 spiro atoms. The summed E-state index contributed by atoms with van der Waals surface area (Å²) in [7, 11) is 0. The van der Waals surface area contributed by atoms with Crippen LogP contribution in [0.25, 0.3) is 0 Å². The van der Waals surface area contributed by atoms with Crippen molar-refractivity contribution >= 4 is 45.6 Å². The van der Waals surface area contributed by atoms with Gasteiger partial charge in [-0.1, -0.05) is 29.8 Å². The molecule has 1 unspecified atom stereocenters. The molecule has 2 aromatic rings. The summed E-state index contributed by atoms with van der Waals surface area (Å²) in [5.74, 6) is 0.116. The minimum atomic E-state index is -0.721. The standard InChI is InChI=1S/C26H27BrClN3O5/c1-25(2,3)35-23(33)31-14-26(36-24(31)34)9-15(10-26)13-30-21(8-18-19(27)11-29-12-20(18)28)16-6-4-5-7-17(16)22(30)32/h4-7,11-12,15,21H,8-10,13-14H2,1-3H3. The zero-order valence-corrected chi connectivity index (χ0v) is 22.6. The molecule has 1 atom stereocenters. The fraction of sp³-hybridized carbons (Fsp3) is 0.462. The molecule has 190 valence electrons. The molecule has 36 heavy (non-hydrogen) atoms. The van der Waals surface area contributed by atoms with Crippen LogP contribution in [-0.4, -0.2) is 57.2 Å². The van der Waals surface area contributed by atoms with Gasteiger partial charge in [-0.15, -0.1) is 0 Å². The van der Waals surface area contributed by atoms with Gasteiger partial charge in [0.15, 0.2) is 0 Å². The van der Waals surface area contributed by atoms with Crippen molar-refractivity contribution in [3.8, 4) is 0 Å². The monoisotopic (exact) mass is 575 g/mol. The van der Waals surface area contributed by atoms with Crippen molar-refractivity contribution in [1.82, 2.24) is 14.8 Å². The highest BCUT2D eigenvalue weighted by molar-refractivity contribution is 9.10. The van der Waals surface area contributed by atoms with Crippen LogP contribution in [0.1, 0.15) is 61.1 Å². The minimum Gasteiger partial charge on any atom is -0.443 e. The summed E-state index contributed by atoms with van der Waals surface area (Å²) in [6.07, 6.45) is 3.63. The van der Waals surface area contributed by atoms with Gasteiger partial charge < -0.3 is 14.4 Å². The average Bonchev–Trinajstić information content (AvgIpc) is 3.25. The van der Waals surface area contributed by atoms with E-state index < -0.39 is 23.4 Å². The highest BCUT2D eigenvalue weighted by Gasteiger charge is 2.57. The summed E-state index contributed by atoms with van der Waals surface area (Å²) in [6, 6.07) is 7.47. The zero-order chi connectivity index (χ0) is 25.8. The van der Waals surface area contributed by atoms with Crippen LogP contribution < -0.4 is 0 Å². The van der Waals surface area contributed by atoms with Crippen molar-refractivity contribution in [2.75, 3.05) is 13.1 Å². The summed E-state index contributed by atoms with van der Waals surface area (Å²) in [5.41, 5.74) is 1.14. The van der Waals surface area contributed by atoms with Gasteiger partial charge in [0.2, 0.25) is 0 Å². The maximum absolute atomic E-state index is 13.4. The number of imide groups is 1. The number of carbonyl (C=O) groups excluding carboxylic acids is 3. The van der Waals surface area contributed by atoms with E-state index in [4.69, 9.17) is 21.1 Å². The number of amides is 3. The van der Waals surface area contributed by atoms with Crippen molar-refractivity contribution in [3.63, 3.8) is 0 Å². The van der Waals surface area contributed by atoms with E-state index in [9.17, 15) is 14.4 Å². The number of nitrogens with zero attached hydrogens (tertiary/aromatic N) is 3. The summed E-state index contributed by atoms with van der Waals surface area (Å²) in [4.78, 5) is 45.3. The fourth-order valence-electron chi connectivity index (χ4n) is 5.40. The predicted molar refractivity (Wildman–Crippen MR) is 136 cm³/mol. The Bertz CT molecular complexity index is 1220. The first kappa shape index (κ1) is 25.0. The lowest BCUT2D eigenvalue weighted by Crippen LogP contribution is -2.51. The van der Waals surface area contributed by atoms with Crippen molar-refractivity contribution in [2.24, 2.45) is 5.92 Å². The van der Waals surface area contributed by atoms with Crippen molar-refractivity contribution in [1.29, 1.82) is 0 Å². The molecule has 5 rings (SSSR count). The topological polar surface area (TPSA) is 89.0 Å². The maximum Gasteiger partial charge on any atom is 0.420 e. The quantitative estimate of drug-likeness (QED) is 0.459. The lowest BCUT2D eigenvalue weighted by Gasteiger charge is -2.44. The Balaban J connectivity index is 1.30. The van der Waals surface area contributed by atoms with Crippen molar-refractivity contribution in [3.05, 3.63) is 62.8 Å². The molecule has 8 nitrogen and oxygen atoms in total. The minimum absolute atomic E-state index is 0.0170. The molecule has 10 heteroatoms. The summed E-state index contributed by atoms with van der Waals surface area (Å²) in [5, 5.41) is 0.545. The second-order valence-electron chi connectivity index (χ2n) is 10.7. The van der Waals surface area contributed by atoms with E-state index in [1.807, 2.05) is 29.2 Å². The molecule has 2 aliphatic heterocycles. The van der Waals surface area contributed by atoms with E-state index in [-0.39, 0.29) is 24.4 Å². The Morgan fingerprint density at radius 1 is 1.25 bits per heavy atom. The number of rotatable bonds is 4. The van der Waals surface area contributed by atoms with Gasteiger partial charge >= 0.3 is 12.2 Å². The number of fused-ring (bicyclic) bond motifs is 1. The Morgan fingerprint density at radius 2 is 1.97 bits per heavy atom. The van der Waals surface area contributed by atoms with E-state index in [2.05, 4.69) is 20.9 Å². The molecule has 2 fully saturated rings. The number of carbonyl (C=O) groups is 3. The Kier molecular flexibility index (Phi) is 6.27. The number of aromatic nitrogens is 1. The van der Waals surface area contributed by atoms with Crippen LogP contribution in [0, 0.1) is 5.92 Å². The first-order valence-electron chi connectivity index (χ1n) is 11.9. The van der Waals surface area contributed by atoms with E-state index in [0.29, 0.717) is 36.4 Å². The maximum atomic E-state index is 13.4. The average molecular weight is 577 g/mol. The van der Waals surface area contributed by atoms with Crippen LogP contribution in [0.15, 0.2) is 41.1 Å². The van der Waals surface area contributed by atoms with Crippen LogP contribution in [0.5, 0.6) is 0 Å². The van der Waals surface area contributed by atoms with Crippen LogP contribution >= 0.6 is 27.5 Å². The SMILES string of the molecule is CC(C)(C)OC(=O)N1CC2(CC(CN3C(=O)c4ccccc4C3Cc3c(Cl)cncc3Br)C2)OC1=O. The van der Waals surface area contributed by atoms with E-state index in [0.717, 1.165) is 20.5 Å². The van der Waals surface area contributed by atoms with Gasteiger partial charge in [0.05, 0.1) is 17.6 Å². The number of pyridine rings is 1. The lowest BCUT2D eigenvalue weighted by molar-refractivity contribution is -0.0564. The van der Waals surface area contributed by atoms with E-state index >= 15 is 0 Å². The number of ether oxygens (including phenoxy) is 2. The molecule has 3 heterocycles. The smallest absolute Gasteiger partial charge is 0.420 e. The third-order valence-electron chi connectivity index (χ3n) is 6.90. The molecule has 0 N–H and O–H groups in total. The van der Waals surface area contributed by atoms with Gasteiger partial charge in [-0.3, -0.25) is 9.78 Å². The van der Waals surface area contributed by atoms with Gasteiger partial charge in [-0.05, 0) is 79.1 Å². The van der Waals surface area contributed by atoms with Gasteiger partial charge in [-0.25, -0.2) is 14.5 Å². The normalized spacial score (nSPS) is 25.1. The van der Waals surface area contributed by atoms with Crippen LogP contribution in [-0.2, 0) is 15.9 Å². The first-order valence-corrected chi connectivity index (χ1v) is 13.0. The first-order chi connectivity index (χ1) is 17.0. The van der Waals surface area contributed by atoms with Crippen molar-refractivity contribution in [2.45, 2.75) is 57.3 Å². The summed E-state index contributed by atoms with van der Waals surface area (Å²) in [6.45, 7) is 5.93. The van der Waals surface area contributed by atoms with Crippen LogP contribution in [0.2, 0.25) is 5.02 Å². The molecule has 3 aliphatic rings. The van der Waals surface area contributed by atoms with Crippen LogP contribution in [0.4, 0.5) is 9.59 Å². The number of hydrogen-bond acceptors (Lipinski definition) is 6. The van der Waals surface area contributed by atoms with E-state index in [1.54, 1.807) is 33.2 Å². The second kappa shape index (κ2) is 9.03. The van der Waals surface area contributed by atoms with Crippen LogP contribution in [0.3, 0.4) is 0 Å². The third kappa shape index (κ3) is 4.59. The zero-order valence-electron chi connectivity index (χ0n) is 20.3. The molecular weight excluding hydrogens is 550 g/mol. The number of hydrogen-bond donors (Lipinski definition) is 0. The third-order valence-corrected chi connectivity index (χ3v) is 7.91.